The van der Waals surface area contributed by atoms with Gasteiger partial charge in [-0.1, -0.05) is 152 Å². The van der Waals surface area contributed by atoms with Gasteiger partial charge in [-0.05, 0) is 70.6 Å². The predicted molar refractivity (Wildman–Crippen MR) is 244 cm³/mol. The van der Waals surface area contributed by atoms with Crippen LogP contribution in [0.25, 0.3) is 0 Å². The summed E-state index contributed by atoms with van der Waals surface area (Å²) in [6.07, 6.45) is 44.4. The summed E-state index contributed by atoms with van der Waals surface area (Å²) in [5, 5.41) is 10.0. The molecule has 0 radical (unpaired) electrons. The molecular formula is C48H87NO9P+. The van der Waals surface area contributed by atoms with E-state index in [9.17, 15) is 24.2 Å². The summed E-state index contributed by atoms with van der Waals surface area (Å²) < 4.78 is 34.2. The Morgan fingerprint density at radius 3 is 1.78 bits per heavy atom. The third-order valence-electron chi connectivity index (χ3n) is 9.60. The maximum atomic E-state index is 12.7. The molecule has 3 atom stereocenters. The van der Waals surface area contributed by atoms with Gasteiger partial charge in [-0.3, -0.25) is 18.6 Å². The van der Waals surface area contributed by atoms with Crippen LogP contribution in [0.1, 0.15) is 174 Å². The zero-order valence-electron chi connectivity index (χ0n) is 38.1. The molecule has 0 heterocycles. The summed E-state index contributed by atoms with van der Waals surface area (Å²) in [6.45, 7) is 4.22. The number of phosphoric ester groups is 1. The van der Waals surface area contributed by atoms with Gasteiger partial charge in [0.1, 0.15) is 19.8 Å². The molecule has 0 aliphatic heterocycles. The Labute approximate surface area is 360 Å². The molecule has 0 aromatic rings. The summed E-state index contributed by atoms with van der Waals surface area (Å²) >= 11 is 0. The van der Waals surface area contributed by atoms with Crippen LogP contribution in [0, 0.1) is 0 Å². The summed E-state index contributed by atoms with van der Waals surface area (Å²) in [6, 6.07) is 0. The van der Waals surface area contributed by atoms with Crippen LogP contribution in [0.3, 0.4) is 0 Å². The number of carbonyl (C=O) groups excluding carboxylic acids is 2. The number of hydrogen-bond donors (Lipinski definition) is 2. The largest absolute Gasteiger partial charge is 0.472 e. The molecule has 0 aromatic carbocycles. The van der Waals surface area contributed by atoms with Crippen LogP contribution in [0.4, 0.5) is 0 Å². The van der Waals surface area contributed by atoms with Crippen molar-refractivity contribution in [2.45, 2.75) is 187 Å². The molecule has 0 aliphatic carbocycles. The number of carbonyl (C=O) groups is 2. The lowest BCUT2D eigenvalue weighted by molar-refractivity contribution is -0.870. The van der Waals surface area contributed by atoms with Gasteiger partial charge in [0.05, 0.1) is 33.9 Å². The van der Waals surface area contributed by atoms with E-state index in [0.29, 0.717) is 36.7 Å². The maximum absolute atomic E-state index is 12.7. The molecule has 59 heavy (non-hydrogen) atoms. The van der Waals surface area contributed by atoms with Gasteiger partial charge in [0.15, 0.2) is 6.10 Å². The molecule has 0 bridgehead atoms. The van der Waals surface area contributed by atoms with Gasteiger partial charge in [0.2, 0.25) is 0 Å². The normalized spacial score (nSPS) is 14.6. The average Bonchev–Trinajstić information content (AvgIpc) is 3.18. The molecule has 1 unspecified atom stereocenters. The summed E-state index contributed by atoms with van der Waals surface area (Å²) in [4.78, 5) is 35.4. The average molecular weight is 853 g/mol. The number of hydrogen-bond acceptors (Lipinski definition) is 8. The Bertz CT molecular complexity index is 1210. The fourth-order valence-corrected chi connectivity index (χ4v) is 6.65. The smallest absolute Gasteiger partial charge is 0.462 e. The van der Waals surface area contributed by atoms with Crippen LogP contribution in [0.15, 0.2) is 60.8 Å². The number of quaternary nitrogens is 1. The van der Waals surface area contributed by atoms with Gasteiger partial charge in [-0.15, -0.1) is 0 Å². The van der Waals surface area contributed by atoms with Crippen molar-refractivity contribution in [1.82, 2.24) is 0 Å². The predicted octanol–water partition coefficient (Wildman–Crippen LogP) is 12.2. The highest BCUT2D eigenvalue weighted by molar-refractivity contribution is 7.47. The van der Waals surface area contributed by atoms with Gasteiger partial charge in [-0.25, -0.2) is 4.57 Å². The molecule has 0 spiro atoms. The number of ether oxygens (including phenoxy) is 2. The quantitative estimate of drug-likeness (QED) is 0.0154. The standard InChI is InChI=1S/C48H86NO9P/c1-6-8-10-12-14-15-16-17-18-19-20-21-22-23-28-32-36-40-48(52)58-46(44-57-59(53,54)56-42-41-49(3,4)5)43-55-47(51)39-35-31-27-25-24-26-30-34-38-45(50)37-33-29-13-11-9-7-2/h17-18,25-27,29-30,33-34,38,45-46,50H,6-16,19-24,28,31-32,35-37,39-44H2,1-5H3/p+1/b18-17-,27-25-,30-26-,33-29-,38-34+/t45-,46-/m1/s1. The number of unbranched alkanes of at least 4 members (excludes halogenated alkanes) is 17. The lowest BCUT2D eigenvalue weighted by atomic mass is 10.1. The van der Waals surface area contributed by atoms with E-state index in [1.165, 1.54) is 83.5 Å². The Balaban J connectivity index is 4.49. The van der Waals surface area contributed by atoms with Crippen molar-refractivity contribution in [3.63, 3.8) is 0 Å². The summed E-state index contributed by atoms with van der Waals surface area (Å²) in [5.74, 6) is -0.910. The monoisotopic (exact) mass is 853 g/mol. The molecular weight excluding hydrogens is 765 g/mol. The fraction of sp³-hybridized carbons (Fsp3) is 0.750. The van der Waals surface area contributed by atoms with Crippen LogP contribution in [0.2, 0.25) is 0 Å². The number of nitrogens with zero attached hydrogens (tertiary/aromatic N) is 1. The van der Waals surface area contributed by atoms with Gasteiger partial charge < -0.3 is 24.0 Å². The van der Waals surface area contributed by atoms with E-state index in [4.69, 9.17) is 18.5 Å². The molecule has 2 N–H and O–H groups in total. The first-order chi connectivity index (χ1) is 28.4. The Hall–Kier alpha value is -2.33. The van der Waals surface area contributed by atoms with Gasteiger partial charge >= 0.3 is 19.8 Å². The molecule has 0 amide bonds. The van der Waals surface area contributed by atoms with E-state index in [2.05, 4.69) is 32.1 Å². The minimum Gasteiger partial charge on any atom is -0.462 e. The molecule has 11 heteroatoms. The van der Waals surface area contributed by atoms with E-state index >= 15 is 0 Å². The van der Waals surface area contributed by atoms with E-state index in [1.807, 2.05) is 57.6 Å². The Kier molecular flexibility index (Phi) is 38.2. The summed E-state index contributed by atoms with van der Waals surface area (Å²) in [5.41, 5.74) is 0. The van der Waals surface area contributed by atoms with E-state index < -0.39 is 38.6 Å². The van der Waals surface area contributed by atoms with Gasteiger partial charge in [0.25, 0.3) is 0 Å². The molecule has 342 valence electrons. The molecule has 0 saturated heterocycles. The number of aliphatic hydroxyl groups is 1. The topological polar surface area (TPSA) is 129 Å². The number of rotatable bonds is 41. The third kappa shape index (κ3) is 43.6. The molecule has 0 aliphatic rings. The van der Waals surface area contributed by atoms with Crippen molar-refractivity contribution in [3.05, 3.63) is 60.8 Å². The number of aliphatic hydroxyl groups excluding tert-OH is 1. The second-order valence-electron chi connectivity index (χ2n) is 16.6. The number of esters is 2. The first-order valence-electron chi connectivity index (χ1n) is 23.1. The van der Waals surface area contributed by atoms with Crippen LogP contribution < -0.4 is 0 Å². The lowest BCUT2D eigenvalue weighted by Crippen LogP contribution is -2.37. The van der Waals surface area contributed by atoms with Crippen LogP contribution in [0.5, 0.6) is 0 Å². The highest BCUT2D eigenvalue weighted by atomic mass is 31.2. The highest BCUT2D eigenvalue weighted by Gasteiger charge is 2.27. The maximum Gasteiger partial charge on any atom is 0.472 e. The van der Waals surface area contributed by atoms with Crippen molar-refractivity contribution in [1.29, 1.82) is 0 Å². The number of phosphoric acid groups is 1. The first kappa shape index (κ1) is 56.7. The minimum atomic E-state index is -4.41. The zero-order valence-corrected chi connectivity index (χ0v) is 39.0. The summed E-state index contributed by atoms with van der Waals surface area (Å²) in [7, 11) is 1.40. The Morgan fingerprint density at radius 2 is 1.14 bits per heavy atom. The fourth-order valence-electron chi connectivity index (χ4n) is 5.91. The second kappa shape index (κ2) is 39.8. The van der Waals surface area contributed by atoms with Crippen molar-refractivity contribution >= 4 is 19.8 Å². The van der Waals surface area contributed by atoms with Crippen LogP contribution >= 0.6 is 7.82 Å². The number of likely N-dealkylation sites (N-methyl/N-ethyl adjacent to an activating group) is 1. The van der Waals surface area contributed by atoms with E-state index in [0.717, 1.165) is 38.5 Å². The molecule has 0 aromatic heterocycles. The molecule has 0 saturated carbocycles. The minimum absolute atomic E-state index is 0.0103. The van der Waals surface area contributed by atoms with Crippen molar-refractivity contribution in [3.8, 4) is 0 Å². The van der Waals surface area contributed by atoms with E-state index in [-0.39, 0.29) is 26.1 Å². The van der Waals surface area contributed by atoms with Gasteiger partial charge in [0, 0.05) is 12.8 Å². The van der Waals surface area contributed by atoms with Crippen LogP contribution in [-0.4, -0.2) is 86.1 Å². The first-order valence-corrected chi connectivity index (χ1v) is 24.6. The van der Waals surface area contributed by atoms with Crippen molar-refractivity contribution < 1.29 is 47.2 Å². The molecule has 0 fully saturated rings. The van der Waals surface area contributed by atoms with Crippen molar-refractivity contribution in [2.75, 3.05) is 47.5 Å². The molecule has 0 rings (SSSR count). The lowest BCUT2D eigenvalue weighted by Gasteiger charge is -2.24. The van der Waals surface area contributed by atoms with Gasteiger partial charge in [-0.2, -0.15) is 0 Å². The third-order valence-corrected chi connectivity index (χ3v) is 10.6. The zero-order chi connectivity index (χ0) is 43.7. The van der Waals surface area contributed by atoms with E-state index in [1.54, 1.807) is 6.08 Å². The van der Waals surface area contributed by atoms with Crippen molar-refractivity contribution in [2.24, 2.45) is 0 Å². The molecule has 10 nitrogen and oxygen atoms in total. The Morgan fingerprint density at radius 1 is 0.610 bits per heavy atom. The van der Waals surface area contributed by atoms with Crippen LogP contribution in [-0.2, 0) is 32.7 Å². The number of allylic oxidation sites excluding steroid dienone is 8. The second-order valence-corrected chi connectivity index (χ2v) is 18.1. The SMILES string of the molecule is CCCCC/C=C\C[C@@H](O)/C=C/C=C\C/C=C\CCCC(=O)OC[C@H](COP(=O)(O)OCC[N+](C)(C)C)OC(=O)CCCCCCCCC/C=C\CCCCCCCC. The highest BCUT2D eigenvalue weighted by Crippen LogP contribution is 2.43.